The molecule has 0 saturated carbocycles. The zero-order chi connectivity index (χ0) is 24.4. The van der Waals surface area contributed by atoms with Crippen molar-refractivity contribution in [2.45, 2.75) is 19.9 Å². The van der Waals surface area contributed by atoms with Crippen LogP contribution in [0.15, 0.2) is 64.5 Å². The summed E-state index contributed by atoms with van der Waals surface area (Å²) in [6.07, 6.45) is 1.24. The Morgan fingerprint density at radius 2 is 2.00 bits per heavy atom. The Kier molecular flexibility index (Phi) is 5.95. The number of hydrazine groups is 1. The number of ether oxygens (including phenoxy) is 1. The van der Waals surface area contributed by atoms with Gasteiger partial charge in [0, 0.05) is 23.4 Å². The van der Waals surface area contributed by atoms with Crippen molar-refractivity contribution in [1.82, 2.24) is 20.7 Å². The SMILES string of the molecule is CCOC(=O)C1=C(C)NC(=O)N(NC(=O)c2ccc3ocnc3c2)C1c1ccc([N+](=O)[O-])cc1. The number of nitrogens with zero attached hydrogens (tertiary/aromatic N) is 3. The summed E-state index contributed by atoms with van der Waals surface area (Å²) >= 11 is 0. The summed E-state index contributed by atoms with van der Waals surface area (Å²) in [5, 5.41) is 14.6. The lowest BCUT2D eigenvalue weighted by molar-refractivity contribution is -0.384. The maximum absolute atomic E-state index is 13.0. The van der Waals surface area contributed by atoms with E-state index in [2.05, 4.69) is 15.7 Å². The minimum atomic E-state index is -1.10. The van der Waals surface area contributed by atoms with Crippen LogP contribution in [-0.4, -0.2) is 39.4 Å². The van der Waals surface area contributed by atoms with Gasteiger partial charge in [0.2, 0.25) is 0 Å². The molecule has 4 rings (SSSR count). The van der Waals surface area contributed by atoms with Crippen molar-refractivity contribution < 1.29 is 28.5 Å². The second kappa shape index (κ2) is 9.02. The van der Waals surface area contributed by atoms with Gasteiger partial charge < -0.3 is 14.5 Å². The van der Waals surface area contributed by atoms with E-state index in [0.29, 0.717) is 16.7 Å². The molecule has 3 aromatic rings. The molecule has 0 bridgehead atoms. The first-order valence-electron chi connectivity index (χ1n) is 10.2. The van der Waals surface area contributed by atoms with Crippen LogP contribution >= 0.6 is 0 Å². The summed E-state index contributed by atoms with van der Waals surface area (Å²) in [6, 6.07) is 8.07. The molecule has 12 nitrogen and oxygen atoms in total. The van der Waals surface area contributed by atoms with Gasteiger partial charge in [0.1, 0.15) is 11.6 Å². The molecular formula is C22H19N5O7. The lowest BCUT2D eigenvalue weighted by atomic mass is 9.94. The molecule has 2 aromatic carbocycles. The van der Waals surface area contributed by atoms with Crippen molar-refractivity contribution in [2.24, 2.45) is 0 Å². The average Bonchev–Trinajstić information content (AvgIpc) is 3.28. The molecule has 0 saturated heterocycles. The average molecular weight is 465 g/mol. The number of rotatable bonds is 6. The fourth-order valence-electron chi connectivity index (χ4n) is 3.60. The van der Waals surface area contributed by atoms with Crippen molar-refractivity contribution in [2.75, 3.05) is 6.61 Å². The highest BCUT2D eigenvalue weighted by Crippen LogP contribution is 2.34. The monoisotopic (exact) mass is 465 g/mol. The Balaban J connectivity index is 1.74. The number of urea groups is 1. The number of allylic oxidation sites excluding steroid dienone is 1. The Labute approximate surface area is 192 Å². The smallest absolute Gasteiger partial charge is 0.341 e. The highest BCUT2D eigenvalue weighted by molar-refractivity contribution is 5.99. The van der Waals surface area contributed by atoms with E-state index in [1.165, 1.54) is 49.7 Å². The van der Waals surface area contributed by atoms with Crippen LogP contribution in [0.25, 0.3) is 11.1 Å². The lowest BCUT2D eigenvalue weighted by Gasteiger charge is -2.37. The maximum atomic E-state index is 13.0. The number of hydrogen-bond donors (Lipinski definition) is 2. The van der Waals surface area contributed by atoms with Gasteiger partial charge in [0.15, 0.2) is 12.0 Å². The maximum Gasteiger partial charge on any atom is 0.341 e. The number of nitro benzene ring substituents is 1. The van der Waals surface area contributed by atoms with Gasteiger partial charge in [-0.05, 0) is 49.7 Å². The summed E-state index contributed by atoms with van der Waals surface area (Å²) in [5.74, 6) is -1.35. The van der Waals surface area contributed by atoms with E-state index >= 15 is 0 Å². The van der Waals surface area contributed by atoms with Gasteiger partial charge in [-0.25, -0.2) is 19.6 Å². The lowest BCUT2D eigenvalue weighted by Crippen LogP contribution is -2.56. The number of carbonyl (C=O) groups is 3. The van der Waals surface area contributed by atoms with Crippen LogP contribution in [0.1, 0.15) is 35.8 Å². The number of amides is 3. The van der Waals surface area contributed by atoms with Crippen LogP contribution in [0, 0.1) is 10.1 Å². The van der Waals surface area contributed by atoms with Gasteiger partial charge in [-0.1, -0.05) is 0 Å². The molecule has 1 aliphatic heterocycles. The molecule has 2 heterocycles. The molecule has 1 aliphatic rings. The Hall–Kier alpha value is -4.74. The molecule has 34 heavy (non-hydrogen) atoms. The molecule has 12 heteroatoms. The minimum absolute atomic E-state index is 0.0718. The summed E-state index contributed by atoms with van der Waals surface area (Å²) < 4.78 is 10.3. The normalized spacial score (nSPS) is 15.8. The standard InChI is InChI=1S/C22H19N5O7/c1-3-33-21(29)18-12(2)24-22(30)26(19(18)13-4-7-15(8-5-13)27(31)32)25-20(28)14-6-9-17-16(10-14)23-11-34-17/h4-11,19H,3H2,1-2H3,(H,24,30)(H,25,28). The highest BCUT2D eigenvalue weighted by Gasteiger charge is 2.40. The zero-order valence-electron chi connectivity index (χ0n) is 18.1. The van der Waals surface area contributed by atoms with Gasteiger partial charge in [0.25, 0.3) is 11.6 Å². The summed E-state index contributed by atoms with van der Waals surface area (Å²) in [5.41, 5.74) is 4.15. The fourth-order valence-corrected chi connectivity index (χ4v) is 3.60. The van der Waals surface area contributed by atoms with Crippen LogP contribution < -0.4 is 10.7 Å². The van der Waals surface area contributed by atoms with Crippen molar-refractivity contribution in [3.05, 3.63) is 81.4 Å². The number of aromatic nitrogens is 1. The van der Waals surface area contributed by atoms with Gasteiger partial charge in [0.05, 0.1) is 17.1 Å². The second-order valence-electron chi connectivity index (χ2n) is 7.29. The quantitative estimate of drug-likeness (QED) is 0.319. The van der Waals surface area contributed by atoms with Gasteiger partial charge in [-0.15, -0.1) is 0 Å². The first kappa shape index (κ1) is 22.5. The van der Waals surface area contributed by atoms with E-state index in [1.54, 1.807) is 13.0 Å². The third-order valence-electron chi connectivity index (χ3n) is 5.18. The van der Waals surface area contributed by atoms with Crippen molar-refractivity contribution in [3.8, 4) is 0 Å². The van der Waals surface area contributed by atoms with Crippen molar-refractivity contribution in [1.29, 1.82) is 0 Å². The Bertz CT molecular complexity index is 1330. The number of hydrogen-bond acceptors (Lipinski definition) is 8. The van der Waals surface area contributed by atoms with Crippen molar-refractivity contribution >= 4 is 34.7 Å². The van der Waals surface area contributed by atoms with E-state index < -0.39 is 28.9 Å². The van der Waals surface area contributed by atoms with Gasteiger partial charge in [-0.2, -0.15) is 0 Å². The zero-order valence-corrected chi connectivity index (χ0v) is 18.1. The molecule has 0 spiro atoms. The molecule has 1 unspecified atom stereocenters. The number of fused-ring (bicyclic) bond motifs is 1. The number of benzene rings is 2. The number of nitrogens with one attached hydrogen (secondary N) is 2. The van der Waals surface area contributed by atoms with Crippen LogP contribution in [0.2, 0.25) is 0 Å². The highest BCUT2D eigenvalue weighted by atomic mass is 16.6. The summed E-state index contributed by atoms with van der Waals surface area (Å²) in [7, 11) is 0. The first-order valence-corrected chi connectivity index (χ1v) is 10.2. The molecule has 3 amide bonds. The van der Waals surface area contributed by atoms with E-state index in [4.69, 9.17) is 9.15 Å². The van der Waals surface area contributed by atoms with Crippen LogP contribution in [-0.2, 0) is 9.53 Å². The molecule has 1 aromatic heterocycles. The molecule has 174 valence electrons. The molecule has 0 fully saturated rings. The predicted octanol–water partition coefficient (Wildman–Crippen LogP) is 2.98. The Morgan fingerprint density at radius 3 is 2.68 bits per heavy atom. The van der Waals surface area contributed by atoms with E-state index in [-0.39, 0.29) is 29.1 Å². The number of esters is 1. The topological polar surface area (TPSA) is 157 Å². The van der Waals surface area contributed by atoms with Crippen molar-refractivity contribution in [3.63, 3.8) is 0 Å². The van der Waals surface area contributed by atoms with E-state index in [1.807, 2.05) is 0 Å². The third-order valence-corrected chi connectivity index (χ3v) is 5.18. The first-order chi connectivity index (χ1) is 16.3. The second-order valence-corrected chi connectivity index (χ2v) is 7.29. The largest absolute Gasteiger partial charge is 0.463 e. The fraction of sp³-hybridized carbons (Fsp3) is 0.182. The molecule has 0 radical (unpaired) electrons. The van der Waals surface area contributed by atoms with Crippen LogP contribution in [0.4, 0.5) is 10.5 Å². The molecular weight excluding hydrogens is 446 g/mol. The number of carbonyl (C=O) groups excluding carboxylic acids is 3. The molecule has 2 N–H and O–H groups in total. The van der Waals surface area contributed by atoms with Crippen LogP contribution in [0.3, 0.4) is 0 Å². The van der Waals surface area contributed by atoms with Gasteiger partial charge in [-0.3, -0.25) is 20.3 Å². The Morgan fingerprint density at radius 1 is 1.26 bits per heavy atom. The summed E-state index contributed by atoms with van der Waals surface area (Å²) in [4.78, 5) is 53.2. The number of nitro groups is 1. The van der Waals surface area contributed by atoms with Crippen LogP contribution in [0.5, 0.6) is 0 Å². The predicted molar refractivity (Wildman–Crippen MR) is 117 cm³/mol. The summed E-state index contributed by atoms with van der Waals surface area (Å²) in [6.45, 7) is 3.25. The molecule has 1 atom stereocenters. The number of non-ortho nitro benzene ring substituents is 1. The number of oxazole rings is 1. The third kappa shape index (κ3) is 4.16. The molecule has 0 aliphatic carbocycles. The van der Waals surface area contributed by atoms with Gasteiger partial charge >= 0.3 is 12.0 Å². The van der Waals surface area contributed by atoms with E-state index in [0.717, 1.165) is 5.01 Å². The van der Waals surface area contributed by atoms with E-state index in [9.17, 15) is 24.5 Å². The minimum Gasteiger partial charge on any atom is -0.463 e.